The average molecular weight is 791 g/mol. The number of hydrogen-bond donors (Lipinski definition) is 0. The molecule has 0 unspecified atom stereocenters. The van der Waals surface area contributed by atoms with E-state index in [-0.39, 0.29) is 0 Å². The first kappa shape index (κ1) is 39.4. The minimum atomic E-state index is 0.831. The SMILES string of the molecule is C=Cc1c(/C=C\C)c(C2=Nc3ccc(-c4ccc5nc(-c6cccc(C)c6/C=C\C)ccc5c4)cc3CC2)c2ccccc2c1-c1ccc2ccc3c(c2n1)N=CCC3.CC. The van der Waals surface area contributed by atoms with Crippen molar-refractivity contribution in [2.24, 2.45) is 9.98 Å². The van der Waals surface area contributed by atoms with Gasteiger partial charge < -0.3 is 0 Å². The van der Waals surface area contributed by atoms with Gasteiger partial charge in [-0.05, 0) is 138 Å². The molecule has 6 aromatic carbocycles. The van der Waals surface area contributed by atoms with E-state index in [9.17, 15) is 0 Å². The molecule has 2 aliphatic heterocycles. The van der Waals surface area contributed by atoms with Crippen LogP contribution in [-0.4, -0.2) is 21.9 Å². The van der Waals surface area contributed by atoms with Crippen molar-refractivity contribution >= 4 is 74.1 Å². The molecule has 0 amide bonds. The molecule has 61 heavy (non-hydrogen) atoms. The second-order valence-corrected chi connectivity index (χ2v) is 15.6. The summed E-state index contributed by atoms with van der Waals surface area (Å²) in [5, 5.41) is 4.54. The van der Waals surface area contributed by atoms with Crippen LogP contribution in [0.1, 0.15) is 79.5 Å². The molecule has 10 rings (SSSR count). The van der Waals surface area contributed by atoms with E-state index in [1.165, 1.54) is 44.3 Å². The monoisotopic (exact) mass is 790 g/mol. The smallest absolute Gasteiger partial charge is 0.0968 e. The fraction of sp³-hybridized carbons (Fsp3) is 0.158. The summed E-state index contributed by atoms with van der Waals surface area (Å²) in [5.41, 5.74) is 19.9. The van der Waals surface area contributed by atoms with E-state index in [1.54, 1.807) is 0 Å². The third-order valence-electron chi connectivity index (χ3n) is 12.0. The van der Waals surface area contributed by atoms with Crippen molar-refractivity contribution in [3.8, 4) is 33.6 Å². The summed E-state index contributed by atoms with van der Waals surface area (Å²) in [6, 6.07) is 41.5. The minimum Gasteiger partial charge on any atom is -0.259 e. The minimum absolute atomic E-state index is 0.831. The van der Waals surface area contributed by atoms with Gasteiger partial charge in [0.15, 0.2) is 0 Å². The van der Waals surface area contributed by atoms with E-state index in [0.29, 0.717) is 0 Å². The van der Waals surface area contributed by atoms with Gasteiger partial charge in [0.25, 0.3) is 0 Å². The van der Waals surface area contributed by atoms with Crippen LogP contribution in [0.25, 0.3) is 84.4 Å². The van der Waals surface area contributed by atoms with Crippen molar-refractivity contribution in [3.63, 3.8) is 0 Å². The van der Waals surface area contributed by atoms with E-state index >= 15 is 0 Å². The van der Waals surface area contributed by atoms with Gasteiger partial charge in [-0.15, -0.1) is 0 Å². The lowest BCUT2D eigenvalue weighted by atomic mass is 9.83. The molecule has 2 aliphatic rings. The van der Waals surface area contributed by atoms with Crippen LogP contribution in [0.4, 0.5) is 11.4 Å². The molecule has 4 heterocycles. The van der Waals surface area contributed by atoms with Gasteiger partial charge >= 0.3 is 0 Å². The summed E-state index contributed by atoms with van der Waals surface area (Å²) in [4.78, 5) is 20.7. The number of nitrogens with zero attached hydrogens (tertiary/aromatic N) is 4. The molecule has 0 aliphatic carbocycles. The quantitative estimate of drug-likeness (QED) is 0.161. The summed E-state index contributed by atoms with van der Waals surface area (Å²) in [5.74, 6) is 0. The number of hydrogen-bond acceptors (Lipinski definition) is 4. The van der Waals surface area contributed by atoms with Crippen LogP contribution in [0.15, 0.2) is 144 Å². The largest absolute Gasteiger partial charge is 0.259 e. The van der Waals surface area contributed by atoms with Crippen molar-refractivity contribution in [3.05, 3.63) is 173 Å². The third-order valence-corrected chi connectivity index (χ3v) is 12.0. The first-order chi connectivity index (χ1) is 30.0. The van der Waals surface area contributed by atoms with Crippen molar-refractivity contribution < 1.29 is 0 Å². The predicted molar refractivity (Wildman–Crippen MR) is 264 cm³/mol. The van der Waals surface area contributed by atoms with Crippen LogP contribution < -0.4 is 0 Å². The highest BCUT2D eigenvalue weighted by molar-refractivity contribution is 6.19. The van der Waals surface area contributed by atoms with Crippen molar-refractivity contribution in [1.82, 2.24) is 9.97 Å². The van der Waals surface area contributed by atoms with E-state index in [1.807, 2.05) is 26.1 Å². The Balaban J connectivity index is 0.00000235. The maximum absolute atomic E-state index is 5.43. The van der Waals surface area contributed by atoms with Crippen LogP contribution in [0.2, 0.25) is 0 Å². The van der Waals surface area contributed by atoms with Crippen LogP contribution in [0.3, 0.4) is 0 Å². The van der Waals surface area contributed by atoms with Crippen molar-refractivity contribution in [2.75, 3.05) is 0 Å². The molecule has 2 aromatic heterocycles. The third kappa shape index (κ3) is 7.12. The second kappa shape index (κ2) is 16.9. The molecule has 4 nitrogen and oxygen atoms in total. The number of pyridine rings is 2. The zero-order valence-electron chi connectivity index (χ0n) is 35.8. The number of aryl methyl sites for hydroxylation is 3. The molecular weight excluding hydrogens is 741 g/mol. The normalized spacial score (nSPS) is 13.4. The van der Waals surface area contributed by atoms with E-state index in [2.05, 4.69) is 167 Å². The standard InChI is InChI=1S/C55H44N4.C2H6/c1-5-12-42-34(4)14-10-18-43(42)49-28-24-39-32-37(22-26-47(39)57-49)38-23-27-48-40(33-38)25-30-50(58-48)53-44(13-6-2)41(7-3)52(45-16-8-9-17-46(45)53)51-29-21-36-20-19-35-15-11-31-56-54(35)55(36)59-51;1-2/h5-10,12-14,16-24,26-29,31-33H,3,11,15,25,30H2,1-2,4H3;1-2H3/b12-5-,13-6-;. The molecule has 0 bridgehead atoms. The number of aromatic nitrogens is 2. The topological polar surface area (TPSA) is 50.5 Å². The molecule has 8 aromatic rings. The van der Waals surface area contributed by atoms with Gasteiger partial charge in [-0.2, -0.15) is 0 Å². The van der Waals surface area contributed by atoms with Crippen LogP contribution in [0, 0.1) is 6.92 Å². The highest BCUT2D eigenvalue weighted by atomic mass is 14.8. The van der Waals surface area contributed by atoms with Gasteiger partial charge in [0, 0.05) is 39.4 Å². The Morgan fingerprint density at radius 2 is 1.34 bits per heavy atom. The van der Waals surface area contributed by atoms with E-state index in [0.717, 1.165) is 104 Å². The molecule has 0 fully saturated rings. The number of benzene rings is 6. The average Bonchev–Trinajstić information content (AvgIpc) is 3.31. The Kier molecular flexibility index (Phi) is 10.9. The lowest BCUT2D eigenvalue weighted by molar-refractivity contribution is 1.01. The number of rotatable bonds is 7. The number of aliphatic imine (C=N–C) groups is 2. The highest BCUT2D eigenvalue weighted by Gasteiger charge is 2.24. The highest BCUT2D eigenvalue weighted by Crippen LogP contribution is 2.43. The maximum atomic E-state index is 5.43. The Morgan fingerprint density at radius 1 is 0.607 bits per heavy atom. The second-order valence-electron chi connectivity index (χ2n) is 15.6. The summed E-state index contributed by atoms with van der Waals surface area (Å²) < 4.78 is 0. The van der Waals surface area contributed by atoms with E-state index in [4.69, 9.17) is 20.0 Å². The molecule has 0 spiro atoms. The number of fused-ring (bicyclic) bond motifs is 6. The zero-order chi connectivity index (χ0) is 42.0. The summed E-state index contributed by atoms with van der Waals surface area (Å²) in [6.07, 6.45) is 16.3. The summed E-state index contributed by atoms with van der Waals surface area (Å²) >= 11 is 0. The zero-order valence-corrected chi connectivity index (χ0v) is 35.8. The molecule has 298 valence electrons. The van der Waals surface area contributed by atoms with Crippen LogP contribution in [-0.2, 0) is 12.8 Å². The van der Waals surface area contributed by atoms with Crippen molar-refractivity contribution in [1.29, 1.82) is 0 Å². The predicted octanol–water partition coefficient (Wildman–Crippen LogP) is 15.7. The maximum Gasteiger partial charge on any atom is 0.0968 e. The molecular formula is C57H50N4. The molecule has 0 saturated heterocycles. The molecule has 0 N–H and O–H groups in total. The fourth-order valence-corrected chi connectivity index (χ4v) is 9.15. The Hall–Kier alpha value is -7.04. The molecule has 0 saturated carbocycles. The number of allylic oxidation sites excluding steroid dienone is 2. The molecule has 0 radical (unpaired) electrons. The van der Waals surface area contributed by atoms with Gasteiger partial charge in [0.2, 0.25) is 0 Å². The van der Waals surface area contributed by atoms with Crippen LogP contribution in [0.5, 0.6) is 0 Å². The van der Waals surface area contributed by atoms with Gasteiger partial charge in [0.1, 0.15) is 0 Å². The van der Waals surface area contributed by atoms with Crippen molar-refractivity contribution in [2.45, 2.75) is 60.3 Å². The Bertz CT molecular complexity index is 3160. The van der Waals surface area contributed by atoms with Crippen LogP contribution >= 0.6 is 0 Å². The van der Waals surface area contributed by atoms with Gasteiger partial charge in [-0.25, -0.2) is 9.97 Å². The lowest BCUT2D eigenvalue weighted by Crippen LogP contribution is -2.12. The summed E-state index contributed by atoms with van der Waals surface area (Å²) in [6.45, 7) is 14.7. The fourth-order valence-electron chi connectivity index (χ4n) is 9.15. The molecule has 0 atom stereocenters. The lowest BCUT2D eigenvalue weighted by Gasteiger charge is -2.23. The van der Waals surface area contributed by atoms with Gasteiger partial charge in [-0.3, -0.25) is 9.98 Å². The summed E-state index contributed by atoms with van der Waals surface area (Å²) in [7, 11) is 0. The Labute approximate surface area is 359 Å². The first-order valence-corrected chi connectivity index (χ1v) is 21.7. The van der Waals surface area contributed by atoms with E-state index < -0.39 is 0 Å². The first-order valence-electron chi connectivity index (χ1n) is 21.7. The Morgan fingerprint density at radius 3 is 2.16 bits per heavy atom. The van der Waals surface area contributed by atoms with Gasteiger partial charge in [0.05, 0.1) is 33.8 Å². The van der Waals surface area contributed by atoms with Gasteiger partial charge in [-0.1, -0.05) is 130 Å². The molecule has 4 heteroatoms.